The maximum Gasteiger partial charge on any atom is 0.255 e. The Morgan fingerprint density at radius 2 is 1.95 bits per heavy atom. The highest BCUT2D eigenvalue weighted by molar-refractivity contribution is 5.97. The highest BCUT2D eigenvalue weighted by atomic mass is 16.1. The van der Waals surface area contributed by atoms with Crippen LogP contribution < -0.4 is 5.32 Å². The van der Waals surface area contributed by atoms with Crippen LogP contribution >= 0.6 is 0 Å². The van der Waals surface area contributed by atoms with Gasteiger partial charge in [0.15, 0.2) is 5.82 Å². The van der Waals surface area contributed by atoms with Gasteiger partial charge in [-0.15, -0.1) is 0 Å². The molecule has 22 heavy (non-hydrogen) atoms. The highest BCUT2D eigenvalue weighted by Crippen LogP contribution is 2.10. The van der Waals surface area contributed by atoms with Gasteiger partial charge in [-0.1, -0.05) is 6.07 Å². The van der Waals surface area contributed by atoms with E-state index < -0.39 is 0 Å². The topological polar surface area (TPSA) is 72.7 Å². The van der Waals surface area contributed by atoms with E-state index in [9.17, 15) is 4.79 Å². The molecule has 3 rings (SSSR count). The number of hydrogen-bond acceptors (Lipinski definition) is 4. The molecule has 0 fully saturated rings. The van der Waals surface area contributed by atoms with E-state index in [1.807, 2.05) is 18.2 Å². The van der Waals surface area contributed by atoms with Crippen LogP contribution in [0.3, 0.4) is 0 Å². The Morgan fingerprint density at radius 3 is 2.73 bits per heavy atom. The molecule has 0 bridgehead atoms. The van der Waals surface area contributed by atoms with Crippen molar-refractivity contribution in [2.24, 2.45) is 0 Å². The lowest BCUT2D eigenvalue weighted by Gasteiger charge is -2.09. The molecule has 0 aromatic carbocycles. The number of nitrogens with one attached hydrogen (secondary N) is 1. The van der Waals surface area contributed by atoms with Crippen molar-refractivity contribution in [1.29, 1.82) is 0 Å². The van der Waals surface area contributed by atoms with Gasteiger partial charge in [0.2, 0.25) is 0 Å². The lowest BCUT2D eigenvalue weighted by Crippen LogP contribution is -2.27. The van der Waals surface area contributed by atoms with E-state index >= 15 is 0 Å². The maximum absolute atomic E-state index is 12.3. The molecule has 6 heteroatoms. The molecule has 110 valence electrons. The number of hydrogen-bond donors (Lipinski definition) is 1. The summed E-state index contributed by atoms with van der Waals surface area (Å²) in [6.07, 6.45) is 7.48. The molecule has 0 radical (unpaired) electrons. The van der Waals surface area contributed by atoms with E-state index in [-0.39, 0.29) is 5.91 Å². The van der Waals surface area contributed by atoms with Crippen molar-refractivity contribution < 1.29 is 4.79 Å². The van der Waals surface area contributed by atoms with Gasteiger partial charge in [0, 0.05) is 43.4 Å². The van der Waals surface area contributed by atoms with Crippen LogP contribution in [0.2, 0.25) is 0 Å². The summed E-state index contributed by atoms with van der Waals surface area (Å²) in [6, 6.07) is 11.0. The normalized spacial score (nSPS) is 10.4. The van der Waals surface area contributed by atoms with Crippen LogP contribution in [0.15, 0.2) is 61.2 Å². The fourth-order valence-electron chi connectivity index (χ4n) is 2.10. The molecule has 1 N–H and O–H groups in total. The molecule has 6 nitrogen and oxygen atoms in total. The van der Waals surface area contributed by atoms with E-state index in [4.69, 9.17) is 0 Å². The number of aromatic nitrogens is 4. The van der Waals surface area contributed by atoms with Crippen LogP contribution in [0.5, 0.6) is 0 Å². The van der Waals surface area contributed by atoms with Crippen molar-refractivity contribution >= 4 is 5.91 Å². The van der Waals surface area contributed by atoms with E-state index in [1.54, 1.807) is 47.7 Å². The summed E-state index contributed by atoms with van der Waals surface area (Å²) in [5.41, 5.74) is 1.44. The third-order valence-electron chi connectivity index (χ3n) is 3.15. The average Bonchev–Trinajstić information content (AvgIpc) is 3.10. The van der Waals surface area contributed by atoms with Crippen LogP contribution in [0.25, 0.3) is 5.82 Å². The quantitative estimate of drug-likeness (QED) is 0.776. The first-order valence-corrected chi connectivity index (χ1v) is 6.98. The van der Waals surface area contributed by atoms with Crippen molar-refractivity contribution in [3.8, 4) is 5.82 Å². The minimum atomic E-state index is -0.172. The summed E-state index contributed by atoms with van der Waals surface area (Å²) in [5, 5.41) is 7.01. The van der Waals surface area contributed by atoms with Gasteiger partial charge < -0.3 is 5.32 Å². The van der Waals surface area contributed by atoms with Crippen molar-refractivity contribution in [3.63, 3.8) is 0 Å². The van der Waals surface area contributed by atoms with Gasteiger partial charge >= 0.3 is 0 Å². The number of carbonyl (C=O) groups is 1. The van der Waals surface area contributed by atoms with Gasteiger partial charge in [0.05, 0.1) is 5.56 Å². The standard InChI is InChI=1S/C16H15N5O/c22-16(19-11-7-13-5-1-2-8-17-13)14-6-3-9-18-15(14)21-12-4-10-20-21/h1-6,8-10,12H,7,11H2,(H,19,22). The third kappa shape index (κ3) is 3.17. The lowest BCUT2D eigenvalue weighted by molar-refractivity contribution is 0.0953. The van der Waals surface area contributed by atoms with E-state index in [0.29, 0.717) is 24.3 Å². The van der Waals surface area contributed by atoms with Gasteiger partial charge in [0.1, 0.15) is 0 Å². The Hall–Kier alpha value is -3.02. The van der Waals surface area contributed by atoms with Gasteiger partial charge in [0.25, 0.3) is 5.91 Å². The van der Waals surface area contributed by atoms with Crippen molar-refractivity contribution in [1.82, 2.24) is 25.1 Å². The van der Waals surface area contributed by atoms with Crippen LogP contribution in [0.4, 0.5) is 0 Å². The summed E-state index contributed by atoms with van der Waals surface area (Å²) in [5.74, 6) is 0.345. The van der Waals surface area contributed by atoms with E-state index in [1.165, 1.54) is 0 Å². The fourth-order valence-corrected chi connectivity index (χ4v) is 2.10. The number of pyridine rings is 2. The summed E-state index contributed by atoms with van der Waals surface area (Å²) in [6.45, 7) is 0.517. The number of nitrogens with zero attached hydrogens (tertiary/aromatic N) is 4. The van der Waals surface area contributed by atoms with Gasteiger partial charge in [-0.05, 0) is 30.3 Å². The molecule has 3 aromatic rings. The zero-order chi connectivity index (χ0) is 15.2. The molecule has 0 saturated heterocycles. The second-order valence-corrected chi connectivity index (χ2v) is 4.65. The monoisotopic (exact) mass is 293 g/mol. The van der Waals surface area contributed by atoms with Crippen LogP contribution in [-0.4, -0.2) is 32.2 Å². The van der Waals surface area contributed by atoms with Crippen molar-refractivity contribution in [2.45, 2.75) is 6.42 Å². The van der Waals surface area contributed by atoms with Crippen molar-refractivity contribution in [3.05, 3.63) is 72.4 Å². The Kier molecular flexibility index (Phi) is 4.20. The molecule has 0 aliphatic carbocycles. The summed E-state index contributed by atoms with van der Waals surface area (Å²) < 4.78 is 1.58. The first-order valence-electron chi connectivity index (χ1n) is 6.98. The molecular weight excluding hydrogens is 278 g/mol. The Labute approximate surface area is 127 Å². The molecule has 0 unspecified atom stereocenters. The van der Waals surface area contributed by atoms with Crippen molar-refractivity contribution in [2.75, 3.05) is 6.54 Å². The molecule has 0 aliphatic heterocycles. The van der Waals surface area contributed by atoms with Crippen LogP contribution in [0.1, 0.15) is 16.1 Å². The van der Waals surface area contributed by atoms with Gasteiger partial charge in [-0.3, -0.25) is 9.78 Å². The number of rotatable bonds is 5. The average molecular weight is 293 g/mol. The molecule has 0 saturated carbocycles. The minimum Gasteiger partial charge on any atom is -0.352 e. The molecule has 0 aliphatic rings. The zero-order valence-electron chi connectivity index (χ0n) is 11.9. The molecular formula is C16H15N5O. The highest BCUT2D eigenvalue weighted by Gasteiger charge is 2.13. The zero-order valence-corrected chi connectivity index (χ0v) is 11.9. The van der Waals surface area contributed by atoms with E-state index in [2.05, 4.69) is 20.4 Å². The number of amides is 1. The van der Waals surface area contributed by atoms with Crippen LogP contribution in [-0.2, 0) is 6.42 Å². The summed E-state index contributed by atoms with van der Waals surface area (Å²) in [7, 11) is 0. The fraction of sp³-hybridized carbons (Fsp3) is 0.125. The van der Waals surface area contributed by atoms with Gasteiger partial charge in [-0.25, -0.2) is 9.67 Å². The smallest absolute Gasteiger partial charge is 0.255 e. The number of carbonyl (C=O) groups excluding carboxylic acids is 1. The first-order chi connectivity index (χ1) is 10.8. The largest absolute Gasteiger partial charge is 0.352 e. The Morgan fingerprint density at radius 1 is 1.05 bits per heavy atom. The molecule has 0 spiro atoms. The second-order valence-electron chi connectivity index (χ2n) is 4.65. The molecule has 1 amide bonds. The summed E-state index contributed by atoms with van der Waals surface area (Å²) in [4.78, 5) is 20.8. The predicted molar refractivity (Wildman–Crippen MR) is 81.6 cm³/mol. The van der Waals surface area contributed by atoms with E-state index in [0.717, 1.165) is 5.69 Å². The molecule has 3 heterocycles. The maximum atomic E-state index is 12.3. The summed E-state index contributed by atoms with van der Waals surface area (Å²) >= 11 is 0. The minimum absolute atomic E-state index is 0.172. The van der Waals surface area contributed by atoms with Gasteiger partial charge in [-0.2, -0.15) is 5.10 Å². The third-order valence-corrected chi connectivity index (χ3v) is 3.15. The van der Waals surface area contributed by atoms with Crippen LogP contribution in [0, 0.1) is 0 Å². The SMILES string of the molecule is O=C(NCCc1ccccn1)c1cccnc1-n1cccn1. The second kappa shape index (κ2) is 6.62. The molecule has 0 atom stereocenters. The molecule has 3 aromatic heterocycles. The first kappa shape index (κ1) is 13.9. The Bertz CT molecular complexity index is 740. The lowest BCUT2D eigenvalue weighted by atomic mass is 10.2. The Balaban J connectivity index is 1.68. The predicted octanol–water partition coefficient (Wildman–Crippen LogP) is 1.63.